The van der Waals surface area contributed by atoms with Crippen LogP contribution in [0, 0.1) is 0 Å². The minimum Gasteiger partial charge on any atom is -0.390 e. The van der Waals surface area contributed by atoms with Gasteiger partial charge in [-0.2, -0.15) is 0 Å². The van der Waals surface area contributed by atoms with E-state index in [2.05, 4.69) is 20.2 Å². The number of thiophene rings is 1. The van der Waals surface area contributed by atoms with Gasteiger partial charge in [0.25, 0.3) is 0 Å². The molecule has 0 atom stereocenters. The molecule has 6 heteroatoms. The van der Waals surface area contributed by atoms with Gasteiger partial charge < -0.3 is 10.4 Å². The quantitative estimate of drug-likeness (QED) is 0.907. The van der Waals surface area contributed by atoms with E-state index in [4.69, 9.17) is 0 Å². The number of aliphatic hydroxyl groups is 1. The van der Waals surface area contributed by atoms with Crippen LogP contribution in [0.2, 0.25) is 0 Å². The van der Waals surface area contributed by atoms with E-state index < -0.39 is 5.60 Å². The lowest BCUT2D eigenvalue weighted by Crippen LogP contribution is -2.42. The van der Waals surface area contributed by atoms with Crippen molar-refractivity contribution in [1.29, 1.82) is 0 Å². The molecule has 0 bridgehead atoms. The van der Waals surface area contributed by atoms with E-state index in [0.717, 1.165) is 54.3 Å². The summed E-state index contributed by atoms with van der Waals surface area (Å²) in [6, 6.07) is 2.05. The topological polar surface area (TPSA) is 61.3 Å². The van der Waals surface area contributed by atoms with Gasteiger partial charge in [-0.25, -0.2) is 9.97 Å². The SMILES string of the molecule is CNc1nc(CN2CCC(C)(O)CC2)nc2sccc12. The Bertz CT molecular complexity index is 600. The molecule has 1 saturated heterocycles. The smallest absolute Gasteiger partial charge is 0.146 e. The van der Waals surface area contributed by atoms with E-state index in [1.807, 2.05) is 25.4 Å². The zero-order chi connectivity index (χ0) is 14.2. The number of piperidine rings is 1. The third-order valence-corrected chi connectivity index (χ3v) is 4.71. The van der Waals surface area contributed by atoms with E-state index in [9.17, 15) is 5.11 Å². The molecule has 0 spiro atoms. The van der Waals surface area contributed by atoms with Crippen molar-refractivity contribution in [2.75, 3.05) is 25.5 Å². The number of nitrogens with one attached hydrogen (secondary N) is 1. The van der Waals surface area contributed by atoms with Crippen LogP contribution in [-0.2, 0) is 6.54 Å². The lowest BCUT2D eigenvalue weighted by atomic mass is 9.94. The summed E-state index contributed by atoms with van der Waals surface area (Å²) < 4.78 is 0. The average molecular weight is 292 g/mol. The first kappa shape index (κ1) is 13.7. The van der Waals surface area contributed by atoms with E-state index >= 15 is 0 Å². The van der Waals surface area contributed by atoms with Crippen LogP contribution in [0.4, 0.5) is 5.82 Å². The molecule has 0 saturated carbocycles. The van der Waals surface area contributed by atoms with Crippen molar-refractivity contribution in [1.82, 2.24) is 14.9 Å². The Morgan fingerprint density at radius 2 is 2.15 bits per heavy atom. The number of anilines is 1. The molecule has 1 fully saturated rings. The minimum absolute atomic E-state index is 0.509. The molecule has 2 aromatic rings. The van der Waals surface area contributed by atoms with Crippen molar-refractivity contribution >= 4 is 27.4 Å². The highest BCUT2D eigenvalue weighted by molar-refractivity contribution is 7.16. The van der Waals surface area contributed by atoms with Crippen molar-refractivity contribution in [3.05, 3.63) is 17.3 Å². The van der Waals surface area contributed by atoms with Gasteiger partial charge >= 0.3 is 0 Å². The number of hydrogen-bond donors (Lipinski definition) is 2. The van der Waals surface area contributed by atoms with Crippen LogP contribution in [-0.4, -0.2) is 45.7 Å². The summed E-state index contributed by atoms with van der Waals surface area (Å²) in [5.41, 5.74) is -0.509. The summed E-state index contributed by atoms with van der Waals surface area (Å²) in [5.74, 6) is 1.75. The summed E-state index contributed by atoms with van der Waals surface area (Å²) in [6.07, 6.45) is 1.63. The Kier molecular flexibility index (Phi) is 3.62. The van der Waals surface area contributed by atoms with Crippen molar-refractivity contribution in [3.8, 4) is 0 Å². The molecule has 0 aliphatic carbocycles. The van der Waals surface area contributed by atoms with Crippen molar-refractivity contribution in [3.63, 3.8) is 0 Å². The molecule has 3 heterocycles. The molecule has 3 rings (SSSR count). The van der Waals surface area contributed by atoms with Gasteiger partial charge in [-0.3, -0.25) is 4.90 Å². The first-order valence-corrected chi connectivity index (χ1v) is 7.82. The Labute approximate surface area is 122 Å². The summed E-state index contributed by atoms with van der Waals surface area (Å²) in [7, 11) is 1.89. The molecule has 0 aromatic carbocycles. The maximum atomic E-state index is 9.99. The predicted molar refractivity (Wildman–Crippen MR) is 82.1 cm³/mol. The first-order chi connectivity index (χ1) is 9.57. The third-order valence-electron chi connectivity index (χ3n) is 3.91. The molecule has 20 heavy (non-hydrogen) atoms. The van der Waals surface area contributed by atoms with Crippen molar-refractivity contribution in [2.45, 2.75) is 31.9 Å². The summed E-state index contributed by atoms with van der Waals surface area (Å²) >= 11 is 1.64. The standard InChI is InChI=1S/C14H20N4OS/c1-14(19)4-6-18(7-5-14)9-11-16-12(15-2)10-3-8-20-13(10)17-11/h3,8,19H,4-7,9H2,1-2H3,(H,15,16,17). The third kappa shape index (κ3) is 2.77. The maximum Gasteiger partial charge on any atom is 0.146 e. The van der Waals surface area contributed by atoms with Gasteiger partial charge in [-0.1, -0.05) is 0 Å². The Hall–Kier alpha value is -1.24. The number of rotatable bonds is 3. The molecule has 1 aliphatic heterocycles. The molecule has 1 aliphatic rings. The number of nitrogens with zero attached hydrogens (tertiary/aromatic N) is 3. The van der Waals surface area contributed by atoms with Crippen molar-refractivity contribution < 1.29 is 5.11 Å². The number of aromatic nitrogens is 2. The average Bonchev–Trinajstić information content (AvgIpc) is 2.88. The molecule has 0 unspecified atom stereocenters. The Morgan fingerprint density at radius 3 is 2.85 bits per heavy atom. The second kappa shape index (κ2) is 5.27. The van der Waals surface area contributed by atoms with E-state index in [-0.39, 0.29) is 0 Å². The number of hydrogen-bond acceptors (Lipinski definition) is 6. The van der Waals surface area contributed by atoms with E-state index in [0.29, 0.717) is 0 Å². The van der Waals surface area contributed by atoms with Gasteiger partial charge in [-0.15, -0.1) is 11.3 Å². The molecular weight excluding hydrogens is 272 g/mol. The fourth-order valence-electron chi connectivity index (χ4n) is 2.55. The van der Waals surface area contributed by atoms with Gasteiger partial charge in [0.05, 0.1) is 17.5 Å². The fourth-order valence-corrected chi connectivity index (χ4v) is 3.34. The summed E-state index contributed by atoms with van der Waals surface area (Å²) in [5, 5.41) is 16.3. The van der Waals surface area contributed by atoms with Gasteiger partial charge in [0.15, 0.2) is 0 Å². The van der Waals surface area contributed by atoms with Crippen LogP contribution in [0.5, 0.6) is 0 Å². The van der Waals surface area contributed by atoms with Crippen LogP contribution in [0.25, 0.3) is 10.2 Å². The highest BCUT2D eigenvalue weighted by Crippen LogP contribution is 2.26. The van der Waals surface area contributed by atoms with Gasteiger partial charge in [0.1, 0.15) is 16.5 Å². The summed E-state index contributed by atoms with van der Waals surface area (Å²) in [6.45, 7) is 4.46. The lowest BCUT2D eigenvalue weighted by Gasteiger charge is -2.35. The molecule has 2 N–H and O–H groups in total. The van der Waals surface area contributed by atoms with Crippen LogP contribution in [0.3, 0.4) is 0 Å². The van der Waals surface area contributed by atoms with Crippen LogP contribution >= 0.6 is 11.3 Å². The largest absolute Gasteiger partial charge is 0.390 e. The van der Waals surface area contributed by atoms with Gasteiger partial charge in [0.2, 0.25) is 0 Å². The molecule has 5 nitrogen and oxygen atoms in total. The highest BCUT2D eigenvalue weighted by Gasteiger charge is 2.27. The molecule has 108 valence electrons. The van der Waals surface area contributed by atoms with E-state index in [1.54, 1.807) is 11.3 Å². The second-order valence-electron chi connectivity index (χ2n) is 5.65. The number of fused-ring (bicyclic) bond motifs is 1. The molecular formula is C14H20N4OS. The first-order valence-electron chi connectivity index (χ1n) is 6.94. The van der Waals surface area contributed by atoms with E-state index in [1.165, 1.54) is 0 Å². The number of likely N-dealkylation sites (tertiary alicyclic amines) is 1. The van der Waals surface area contributed by atoms with Gasteiger partial charge in [0, 0.05) is 20.1 Å². The zero-order valence-electron chi connectivity index (χ0n) is 11.9. The molecule has 0 amide bonds. The lowest BCUT2D eigenvalue weighted by molar-refractivity contribution is -0.00784. The van der Waals surface area contributed by atoms with Crippen LogP contribution in [0.1, 0.15) is 25.6 Å². The zero-order valence-corrected chi connectivity index (χ0v) is 12.7. The van der Waals surface area contributed by atoms with Gasteiger partial charge in [-0.05, 0) is 31.2 Å². The Balaban J connectivity index is 1.77. The highest BCUT2D eigenvalue weighted by atomic mass is 32.1. The molecule has 2 aromatic heterocycles. The van der Waals surface area contributed by atoms with Crippen LogP contribution < -0.4 is 5.32 Å². The van der Waals surface area contributed by atoms with Crippen LogP contribution in [0.15, 0.2) is 11.4 Å². The fraction of sp³-hybridized carbons (Fsp3) is 0.571. The molecule has 0 radical (unpaired) electrons. The Morgan fingerprint density at radius 1 is 1.40 bits per heavy atom. The predicted octanol–water partition coefficient (Wildman–Crippen LogP) is 2.08. The minimum atomic E-state index is -0.509. The normalized spacial score (nSPS) is 19.4. The maximum absolute atomic E-state index is 9.99. The monoisotopic (exact) mass is 292 g/mol. The van der Waals surface area contributed by atoms with Crippen molar-refractivity contribution in [2.24, 2.45) is 0 Å². The summed E-state index contributed by atoms with van der Waals surface area (Å²) in [4.78, 5) is 12.6. The second-order valence-corrected chi connectivity index (χ2v) is 6.55.